The van der Waals surface area contributed by atoms with Crippen LogP contribution in [-0.2, 0) is 17.8 Å². The first-order valence-corrected chi connectivity index (χ1v) is 12.0. The lowest BCUT2D eigenvalue weighted by atomic mass is 9.97. The Bertz CT molecular complexity index is 1180. The summed E-state index contributed by atoms with van der Waals surface area (Å²) in [6, 6.07) is 9.72. The molecule has 1 aliphatic rings. The number of ether oxygens (including phenoxy) is 1. The number of piperidine rings is 1. The third-order valence-electron chi connectivity index (χ3n) is 5.57. The van der Waals surface area contributed by atoms with Gasteiger partial charge in [-0.15, -0.1) is 0 Å². The highest BCUT2D eigenvalue weighted by atomic mass is 32.2. The van der Waals surface area contributed by atoms with Crippen molar-refractivity contribution < 1.29 is 17.9 Å². The Morgan fingerprint density at radius 1 is 1.32 bits per heavy atom. The van der Waals surface area contributed by atoms with Crippen LogP contribution < -0.4 is 9.46 Å². The second kappa shape index (κ2) is 9.01. The molecule has 31 heavy (non-hydrogen) atoms. The standard InChI is InChI=1S/C21H22N4O4S2/c26-31(27)23-11-14-5-8-25(9-6-14)12-15-13-28-18-10-16(3-4-17(15)18)29-21-24-20-19(30-21)2-1-7-22-20/h1-4,7,10,13-14,23H,5-6,8-9,11-12H2,(H,26,27). The number of furan rings is 1. The van der Waals surface area contributed by atoms with Crippen molar-refractivity contribution in [2.24, 2.45) is 5.92 Å². The molecule has 0 saturated carbocycles. The maximum Gasteiger partial charge on any atom is 0.281 e. The van der Waals surface area contributed by atoms with Gasteiger partial charge in [0.1, 0.15) is 11.3 Å². The molecule has 1 atom stereocenters. The van der Waals surface area contributed by atoms with E-state index in [1.54, 1.807) is 6.20 Å². The van der Waals surface area contributed by atoms with Gasteiger partial charge in [0.05, 0.1) is 11.0 Å². The Balaban J connectivity index is 1.23. The zero-order valence-corrected chi connectivity index (χ0v) is 18.3. The molecule has 1 fully saturated rings. The fraction of sp³-hybridized carbons (Fsp3) is 0.333. The van der Waals surface area contributed by atoms with Crippen molar-refractivity contribution in [3.8, 4) is 10.9 Å². The molecule has 162 valence electrons. The van der Waals surface area contributed by atoms with Crippen LogP contribution in [-0.4, -0.2) is 43.3 Å². The summed E-state index contributed by atoms with van der Waals surface area (Å²) in [6.45, 7) is 3.33. The van der Waals surface area contributed by atoms with Crippen LogP contribution in [0.25, 0.3) is 21.3 Å². The molecule has 4 aromatic rings. The van der Waals surface area contributed by atoms with Crippen LogP contribution in [0, 0.1) is 5.92 Å². The summed E-state index contributed by atoms with van der Waals surface area (Å²) >= 11 is -0.467. The second-order valence-corrected chi connectivity index (χ2v) is 9.42. The minimum atomic E-state index is -1.93. The summed E-state index contributed by atoms with van der Waals surface area (Å²) in [7, 11) is 0. The highest BCUT2D eigenvalue weighted by Crippen LogP contribution is 2.33. The number of nitrogens with zero attached hydrogens (tertiary/aromatic N) is 3. The summed E-state index contributed by atoms with van der Waals surface area (Å²) < 4.78 is 35.0. The van der Waals surface area contributed by atoms with E-state index in [2.05, 4.69) is 19.6 Å². The molecule has 8 nitrogen and oxygen atoms in total. The van der Waals surface area contributed by atoms with Gasteiger partial charge in [-0.05, 0) is 56.1 Å². The van der Waals surface area contributed by atoms with Crippen molar-refractivity contribution in [3.63, 3.8) is 0 Å². The Labute approximate surface area is 185 Å². The molecule has 5 rings (SSSR count). The van der Waals surface area contributed by atoms with Crippen LogP contribution in [0.5, 0.6) is 10.9 Å². The number of likely N-dealkylation sites (tertiary alicyclic amines) is 1. The molecule has 2 N–H and O–H groups in total. The van der Waals surface area contributed by atoms with Gasteiger partial charge in [-0.2, -0.15) is 4.98 Å². The number of hydrogen-bond donors (Lipinski definition) is 2. The van der Waals surface area contributed by atoms with E-state index >= 15 is 0 Å². The third-order valence-corrected chi connectivity index (χ3v) is 6.88. The van der Waals surface area contributed by atoms with Crippen LogP contribution in [0.1, 0.15) is 18.4 Å². The van der Waals surface area contributed by atoms with Gasteiger partial charge in [0, 0.05) is 36.3 Å². The van der Waals surface area contributed by atoms with Crippen LogP contribution in [0.4, 0.5) is 0 Å². The molecule has 3 aromatic heterocycles. The summed E-state index contributed by atoms with van der Waals surface area (Å²) in [5.74, 6) is 1.12. The summed E-state index contributed by atoms with van der Waals surface area (Å²) in [4.78, 5) is 11.1. The molecule has 0 amide bonds. The van der Waals surface area contributed by atoms with Crippen LogP contribution in [0.15, 0.2) is 47.2 Å². The molecule has 1 aliphatic heterocycles. The lowest BCUT2D eigenvalue weighted by molar-refractivity contribution is 0.178. The van der Waals surface area contributed by atoms with Gasteiger partial charge in [0.25, 0.3) is 5.19 Å². The first-order chi connectivity index (χ1) is 15.1. The highest BCUT2D eigenvalue weighted by Gasteiger charge is 2.21. The lowest BCUT2D eigenvalue weighted by Crippen LogP contribution is -2.37. The molecule has 1 saturated heterocycles. The molecule has 0 radical (unpaired) electrons. The fourth-order valence-electron chi connectivity index (χ4n) is 3.92. The number of thiazole rings is 1. The lowest BCUT2D eigenvalue weighted by Gasteiger charge is -2.31. The molecule has 0 spiro atoms. The van der Waals surface area contributed by atoms with Gasteiger partial charge < -0.3 is 9.15 Å². The van der Waals surface area contributed by atoms with Gasteiger partial charge in [-0.1, -0.05) is 11.3 Å². The summed E-state index contributed by atoms with van der Waals surface area (Å²) in [5, 5.41) is 1.64. The van der Waals surface area contributed by atoms with Gasteiger partial charge in [-0.3, -0.25) is 9.45 Å². The van der Waals surface area contributed by atoms with Crippen molar-refractivity contribution in [2.45, 2.75) is 19.4 Å². The SMILES string of the molecule is O=S(O)NCC1CCN(Cc2coc3cc(Oc4nc5ncccc5s4)ccc23)CC1. The average Bonchev–Trinajstić information content (AvgIpc) is 3.36. The normalized spacial score (nSPS) is 16.8. The van der Waals surface area contributed by atoms with Crippen molar-refractivity contribution in [3.05, 3.63) is 48.4 Å². The molecule has 10 heteroatoms. The molecule has 1 aromatic carbocycles. The third kappa shape index (κ3) is 4.78. The molecule has 1 unspecified atom stereocenters. The topological polar surface area (TPSA) is 101 Å². The van der Waals surface area contributed by atoms with Gasteiger partial charge in [0.15, 0.2) is 5.65 Å². The number of pyridine rings is 1. The van der Waals surface area contributed by atoms with E-state index in [9.17, 15) is 4.21 Å². The van der Waals surface area contributed by atoms with Crippen molar-refractivity contribution in [2.75, 3.05) is 19.6 Å². The molecular formula is C21H22N4O4S2. The monoisotopic (exact) mass is 458 g/mol. The predicted molar refractivity (Wildman–Crippen MR) is 120 cm³/mol. The maximum atomic E-state index is 10.8. The van der Waals surface area contributed by atoms with E-state index in [4.69, 9.17) is 13.7 Å². The first kappa shape index (κ1) is 20.5. The van der Waals surface area contributed by atoms with Crippen molar-refractivity contribution >= 4 is 43.9 Å². The molecule has 4 heterocycles. The van der Waals surface area contributed by atoms with E-state index in [0.29, 0.717) is 29.1 Å². The minimum Gasteiger partial charge on any atom is -0.464 e. The molecule has 0 aliphatic carbocycles. The second-order valence-electron chi connectivity index (χ2n) is 7.64. The fourth-order valence-corrected chi connectivity index (χ4v) is 5.09. The van der Waals surface area contributed by atoms with Gasteiger partial charge in [0.2, 0.25) is 11.3 Å². The smallest absolute Gasteiger partial charge is 0.281 e. The number of nitrogens with one attached hydrogen (secondary N) is 1. The van der Waals surface area contributed by atoms with Crippen LogP contribution in [0.2, 0.25) is 0 Å². The van der Waals surface area contributed by atoms with Crippen molar-refractivity contribution in [1.29, 1.82) is 0 Å². The minimum absolute atomic E-state index is 0.436. The summed E-state index contributed by atoms with van der Waals surface area (Å²) in [5.41, 5.74) is 2.63. The van der Waals surface area contributed by atoms with E-state index in [1.165, 1.54) is 11.3 Å². The number of benzene rings is 1. The van der Waals surface area contributed by atoms with E-state index in [1.807, 2.05) is 36.6 Å². The van der Waals surface area contributed by atoms with Gasteiger partial charge >= 0.3 is 0 Å². The summed E-state index contributed by atoms with van der Waals surface area (Å²) in [6.07, 6.45) is 5.56. The Hall–Kier alpha value is -2.37. The van der Waals surface area contributed by atoms with E-state index in [-0.39, 0.29) is 0 Å². The number of aromatic nitrogens is 2. The highest BCUT2D eigenvalue weighted by molar-refractivity contribution is 7.77. The maximum absolute atomic E-state index is 10.8. The van der Waals surface area contributed by atoms with E-state index < -0.39 is 11.3 Å². The van der Waals surface area contributed by atoms with E-state index in [0.717, 1.165) is 53.7 Å². The largest absolute Gasteiger partial charge is 0.464 e. The molecule has 0 bridgehead atoms. The number of fused-ring (bicyclic) bond motifs is 2. The zero-order valence-electron chi connectivity index (χ0n) is 16.7. The molecular weight excluding hydrogens is 436 g/mol. The number of rotatable bonds is 7. The number of hydrogen-bond acceptors (Lipinski definition) is 7. The quantitative estimate of drug-likeness (QED) is 0.401. The first-order valence-electron chi connectivity index (χ1n) is 10.1. The average molecular weight is 459 g/mol. The van der Waals surface area contributed by atoms with Gasteiger partial charge in [-0.25, -0.2) is 13.9 Å². The Morgan fingerprint density at radius 3 is 3.00 bits per heavy atom. The zero-order chi connectivity index (χ0) is 21.2. The van der Waals surface area contributed by atoms with Crippen molar-refractivity contribution in [1.82, 2.24) is 19.6 Å². The van der Waals surface area contributed by atoms with Crippen LogP contribution in [0.3, 0.4) is 0 Å². The predicted octanol–water partition coefficient (Wildman–Crippen LogP) is 4.17. The Morgan fingerprint density at radius 2 is 2.19 bits per heavy atom. The Kier molecular flexibility index (Phi) is 5.97. The van der Waals surface area contributed by atoms with Crippen LogP contribution >= 0.6 is 11.3 Å².